The summed E-state index contributed by atoms with van der Waals surface area (Å²) in [6, 6.07) is 6.52. The first kappa shape index (κ1) is 15.8. The number of ether oxygens (including phenoxy) is 2. The Morgan fingerprint density at radius 2 is 1.74 bits per heavy atom. The minimum absolute atomic E-state index is 0.512. The molecule has 0 aliphatic rings. The zero-order valence-corrected chi connectivity index (χ0v) is 12.5. The van der Waals surface area contributed by atoms with Gasteiger partial charge in [-0.25, -0.2) is 0 Å². The van der Waals surface area contributed by atoms with Gasteiger partial charge in [-0.15, -0.1) is 0 Å². The lowest BCUT2D eigenvalue weighted by molar-refractivity contribution is 0.251. The summed E-state index contributed by atoms with van der Waals surface area (Å²) in [6.07, 6.45) is 2.00. The largest absolute Gasteiger partial charge is 0.497 e. The molecule has 0 fully saturated rings. The second-order valence-corrected chi connectivity index (χ2v) is 4.88. The van der Waals surface area contributed by atoms with Crippen LogP contribution in [0.4, 0.5) is 0 Å². The molecule has 4 nitrogen and oxygen atoms in total. The van der Waals surface area contributed by atoms with Gasteiger partial charge in [-0.05, 0) is 51.1 Å². The summed E-state index contributed by atoms with van der Waals surface area (Å²) in [6.45, 7) is 3.94. The summed E-state index contributed by atoms with van der Waals surface area (Å²) in [5, 5.41) is 0. The first-order valence-electron chi connectivity index (χ1n) is 6.73. The van der Waals surface area contributed by atoms with Crippen molar-refractivity contribution in [2.75, 3.05) is 34.4 Å². The number of likely N-dealkylation sites (N-methyl/N-ethyl adjacent to an activating group) is 1. The molecule has 19 heavy (non-hydrogen) atoms. The molecule has 2 N–H and O–H groups in total. The first-order chi connectivity index (χ1) is 9.10. The van der Waals surface area contributed by atoms with Crippen molar-refractivity contribution in [3.63, 3.8) is 0 Å². The van der Waals surface area contributed by atoms with Crippen LogP contribution in [0.2, 0.25) is 0 Å². The topological polar surface area (TPSA) is 47.7 Å². The number of hydrogen-bond donors (Lipinski definition) is 1. The molecule has 0 aromatic heterocycles. The third-order valence-electron chi connectivity index (χ3n) is 3.50. The van der Waals surface area contributed by atoms with Crippen LogP contribution in [0.5, 0.6) is 11.5 Å². The highest BCUT2D eigenvalue weighted by Crippen LogP contribution is 2.22. The quantitative estimate of drug-likeness (QED) is 0.781. The lowest BCUT2D eigenvalue weighted by Crippen LogP contribution is -2.32. The Kier molecular flexibility index (Phi) is 6.67. The SMILES string of the molecule is COc1cc(CCN(C)C(C)CCN)cc(OC)c1. The first-order valence-corrected chi connectivity index (χ1v) is 6.73. The van der Waals surface area contributed by atoms with Gasteiger partial charge in [0.1, 0.15) is 11.5 Å². The molecule has 0 spiro atoms. The summed E-state index contributed by atoms with van der Waals surface area (Å²) in [4.78, 5) is 2.33. The maximum absolute atomic E-state index is 5.59. The van der Waals surface area contributed by atoms with E-state index in [-0.39, 0.29) is 0 Å². The van der Waals surface area contributed by atoms with E-state index in [0.717, 1.165) is 37.4 Å². The Balaban J connectivity index is 2.61. The van der Waals surface area contributed by atoms with Crippen molar-refractivity contribution in [1.82, 2.24) is 4.90 Å². The minimum atomic E-state index is 0.512. The normalized spacial score (nSPS) is 12.5. The molecule has 1 unspecified atom stereocenters. The molecule has 0 saturated heterocycles. The molecule has 108 valence electrons. The lowest BCUT2D eigenvalue weighted by Gasteiger charge is -2.24. The summed E-state index contributed by atoms with van der Waals surface area (Å²) in [7, 11) is 5.49. The van der Waals surface area contributed by atoms with Crippen LogP contribution in [-0.4, -0.2) is 45.3 Å². The minimum Gasteiger partial charge on any atom is -0.497 e. The van der Waals surface area contributed by atoms with Crippen LogP contribution in [0.3, 0.4) is 0 Å². The van der Waals surface area contributed by atoms with Gasteiger partial charge in [0.25, 0.3) is 0 Å². The lowest BCUT2D eigenvalue weighted by atomic mass is 10.1. The highest BCUT2D eigenvalue weighted by atomic mass is 16.5. The predicted octanol–water partition coefficient (Wildman–Crippen LogP) is 1.92. The fourth-order valence-corrected chi connectivity index (χ4v) is 2.00. The van der Waals surface area contributed by atoms with Crippen LogP contribution in [0.15, 0.2) is 18.2 Å². The van der Waals surface area contributed by atoms with E-state index in [4.69, 9.17) is 15.2 Å². The van der Waals surface area contributed by atoms with Crippen LogP contribution in [0, 0.1) is 0 Å². The van der Waals surface area contributed by atoms with Gasteiger partial charge in [0.15, 0.2) is 0 Å². The molecular formula is C15H26N2O2. The van der Waals surface area contributed by atoms with Gasteiger partial charge in [-0.2, -0.15) is 0 Å². The van der Waals surface area contributed by atoms with Gasteiger partial charge in [-0.1, -0.05) is 0 Å². The average Bonchev–Trinajstić information content (AvgIpc) is 2.44. The monoisotopic (exact) mass is 266 g/mol. The summed E-state index contributed by atoms with van der Waals surface area (Å²) >= 11 is 0. The average molecular weight is 266 g/mol. The summed E-state index contributed by atoms with van der Waals surface area (Å²) < 4.78 is 10.6. The second-order valence-electron chi connectivity index (χ2n) is 4.88. The van der Waals surface area contributed by atoms with E-state index in [9.17, 15) is 0 Å². The maximum atomic E-state index is 5.59. The van der Waals surface area contributed by atoms with Crippen LogP contribution in [0.25, 0.3) is 0 Å². The number of hydrogen-bond acceptors (Lipinski definition) is 4. The highest BCUT2D eigenvalue weighted by Gasteiger charge is 2.09. The van der Waals surface area contributed by atoms with Crippen LogP contribution in [-0.2, 0) is 6.42 Å². The third-order valence-corrected chi connectivity index (χ3v) is 3.50. The van der Waals surface area contributed by atoms with Gasteiger partial charge >= 0.3 is 0 Å². The fraction of sp³-hybridized carbons (Fsp3) is 0.600. The number of nitrogens with zero attached hydrogens (tertiary/aromatic N) is 1. The Morgan fingerprint density at radius 1 is 1.16 bits per heavy atom. The Labute approximate surface area is 116 Å². The number of methoxy groups -OCH3 is 2. The van der Waals surface area contributed by atoms with E-state index in [1.54, 1.807) is 14.2 Å². The molecule has 0 aliphatic heterocycles. The molecule has 1 atom stereocenters. The van der Waals surface area contributed by atoms with Crippen molar-refractivity contribution < 1.29 is 9.47 Å². The van der Waals surface area contributed by atoms with Gasteiger partial charge in [-0.3, -0.25) is 0 Å². The van der Waals surface area contributed by atoms with E-state index in [1.807, 2.05) is 6.07 Å². The number of benzene rings is 1. The van der Waals surface area contributed by atoms with Crippen LogP contribution >= 0.6 is 0 Å². The van der Waals surface area contributed by atoms with Crippen LogP contribution < -0.4 is 15.2 Å². The molecule has 0 heterocycles. The van der Waals surface area contributed by atoms with Gasteiger partial charge < -0.3 is 20.1 Å². The van der Waals surface area contributed by atoms with Crippen molar-refractivity contribution in [3.8, 4) is 11.5 Å². The van der Waals surface area contributed by atoms with E-state index in [2.05, 4.69) is 31.0 Å². The number of nitrogens with two attached hydrogens (primary N) is 1. The molecule has 0 amide bonds. The predicted molar refractivity (Wildman–Crippen MR) is 79.0 cm³/mol. The Morgan fingerprint density at radius 3 is 2.21 bits per heavy atom. The molecule has 0 radical (unpaired) electrons. The third kappa shape index (κ3) is 5.09. The van der Waals surface area contributed by atoms with E-state index < -0.39 is 0 Å². The molecule has 0 saturated carbocycles. The van der Waals surface area contributed by atoms with Crippen molar-refractivity contribution in [1.29, 1.82) is 0 Å². The molecule has 0 aliphatic carbocycles. The van der Waals surface area contributed by atoms with Gasteiger partial charge in [0.05, 0.1) is 14.2 Å². The van der Waals surface area contributed by atoms with E-state index in [0.29, 0.717) is 6.04 Å². The molecule has 1 rings (SSSR count). The molecule has 1 aromatic carbocycles. The van der Waals surface area contributed by atoms with Crippen molar-refractivity contribution in [3.05, 3.63) is 23.8 Å². The molecule has 1 aromatic rings. The van der Waals surface area contributed by atoms with E-state index >= 15 is 0 Å². The van der Waals surface area contributed by atoms with Crippen LogP contribution in [0.1, 0.15) is 18.9 Å². The summed E-state index contributed by atoms with van der Waals surface area (Å²) in [5.74, 6) is 1.68. The smallest absolute Gasteiger partial charge is 0.122 e. The Bertz CT molecular complexity index is 360. The van der Waals surface area contributed by atoms with E-state index in [1.165, 1.54) is 5.56 Å². The molecule has 0 bridgehead atoms. The summed E-state index contributed by atoms with van der Waals surface area (Å²) in [5.41, 5.74) is 6.82. The van der Waals surface area contributed by atoms with Crippen molar-refractivity contribution in [2.24, 2.45) is 5.73 Å². The number of rotatable bonds is 8. The standard InChI is InChI=1S/C15H26N2O2/c1-12(5-7-16)17(2)8-6-13-9-14(18-3)11-15(10-13)19-4/h9-12H,5-8,16H2,1-4H3. The highest BCUT2D eigenvalue weighted by molar-refractivity contribution is 5.38. The fourth-order valence-electron chi connectivity index (χ4n) is 2.00. The van der Waals surface area contributed by atoms with Gasteiger partial charge in [0.2, 0.25) is 0 Å². The molecule has 4 heteroatoms. The second kappa shape index (κ2) is 8.02. The molecular weight excluding hydrogens is 240 g/mol. The van der Waals surface area contributed by atoms with Crippen molar-refractivity contribution >= 4 is 0 Å². The van der Waals surface area contributed by atoms with Gasteiger partial charge in [0, 0.05) is 18.7 Å². The van der Waals surface area contributed by atoms with Crippen molar-refractivity contribution in [2.45, 2.75) is 25.8 Å². The zero-order chi connectivity index (χ0) is 14.3. The zero-order valence-electron chi connectivity index (χ0n) is 12.5. The maximum Gasteiger partial charge on any atom is 0.122 e. The Hall–Kier alpha value is -1.26.